The summed E-state index contributed by atoms with van der Waals surface area (Å²) in [5.74, 6) is -0.234. The summed E-state index contributed by atoms with van der Waals surface area (Å²) in [6.45, 7) is 5.48. The lowest BCUT2D eigenvalue weighted by Gasteiger charge is -2.09. The van der Waals surface area contributed by atoms with E-state index in [-0.39, 0.29) is 11.8 Å². The summed E-state index contributed by atoms with van der Waals surface area (Å²) in [6, 6.07) is 7.06. The third kappa shape index (κ3) is 7.91. The molecule has 0 saturated heterocycles. The molecule has 0 saturated carbocycles. The molecule has 2 rings (SSSR count). The Balaban J connectivity index is 1.97. The maximum Gasteiger partial charge on any atom is 0.254 e. The Morgan fingerprint density at radius 2 is 1.28 bits per heavy atom. The molecule has 2 amide bonds. The van der Waals surface area contributed by atoms with Crippen LogP contribution in [0.15, 0.2) is 46.7 Å². The van der Waals surface area contributed by atoms with Crippen LogP contribution in [0.2, 0.25) is 0 Å². The molecule has 0 spiro atoms. The molecule has 2 heterocycles. The van der Waals surface area contributed by atoms with Gasteiger partial charge in [0.1, 0.15) is 10.1 Å². The van der Waals surface area contributed by atoms with Crippen LogP contribution in [-0.2, 0) is 0 Å². The number of carbonyl (C=O) groups excluding carboxylic acids is 2. The lowest BCUT2D eigenvalue weighted by atomic mass is 10.2. The maximum absolute atomic E-state index is 12.4. The number of pyridine rings is 2. The number of nitrogens with zero attached hydrogens (tertiary/aromatic N) is 2. The lowest BCUT2D eigenvalue weighted by molar-refractivity contribution is 0.0941. The zero-order valence-corrected chi connectivity index (χ0v) is 19.1. The van der Waals surface area contributed by atoms with E-state index in [1.165, 1.54) is 31.4 Å². The second-order valence-corrected chi connectivity index (χ2v) is 10.0. The van der Waals surface area contributed by atoms with E-state index in [0.29, 0.717) is 34.3 Å². The third-order valence-corrected chi connectivity index (χ3v) is 7.57. The zero-order valence-electron chi connectivity index (χ0n) is 16.6. The van der Waals surface area contributed by atoms with Gasteiger partial charge in [-0.3, -0.25) is 9.59 Å². The molecule has 2 aromatic rings. The van der Waals surface area contributed by atoms with Crippen LogP contribution in [0.3, 0.4) is 0 Å². The van der Waals surface area contributed by atoms with Gasteiger partial charge in [-0.2, -0.15) is 0 Å². The minimum absolute atomic E-state index is 0.117. The summed E-state index contributed by atoms with van der Waals surface area (Å²) in [4.78, 5) is 33.5. The Morgan fingerprint density at radius 1 is 0.828 bits per heavy atom. The van der Waals surface area contributed by atoms with Gasteiger partial charge in [-0.15, -0.1) is 0 Å². The number of carbonyl (C=O) groups is 2. The summed E-state index contributed by atoms with van der Waals surface area (Å²) < 4.78 is 0. The summed E-state index contributed by atoms with van der Waals surface area (Å²) >= 11 is 0. The molecule has 0 fully saturated rings. The largest absolute Gasteiger partial charge is 0.352 e. The van der Waals surface area contributed by atoms with Gasteiger partial charge in [0, 0.05) is 25.5 Å². The Morgan fingerprint density at radius 3 is 1.69 bits per heavy atom. The molecule has 0 bridgehead atoms. The molecular formula is C20H26N4O2S3. The van der Waals surface area contributed by atoms with Gasteiger partial charge in [0.2, 0.25) is 0 Å². The smallest absolute Gasteiger partial charge is 0.254 e. The third-order valence-electron chi connectivity index (χ3n) is 3.89. The second-order valence-electron chi connectivity index (χ2n) is 6.17. The standard InChI is InChI=1S/C20H26N4O2S3/c1-3-5-11-21-17(25)15-9-7-13-23-19(15)27-29-28-20-16(10-8-14-24-20)18(26)22-12-6-4-2/h7-10,13-14H,3-6,11-12H2,1-2H3,(H,21,25)(H,22,26). The molecule has 2 N–H and O–H groups in total. The fourth-order valence-electron chi connectivity index (χ4n) is 2.29. The van der Waals surface area contributed by atoms with Gasteiger partial charge >= 0.3 is 0 Å². The van der Waals surface area contributed by atoms with Crippen molar-refractivity contribution in [1.82, 2.24) is 20.6 Å². The summed E-state index contributed by atoms with van der Waals surface area (Å²) in [6.07, 6.45) is 7.29. The van der Waals surface area contributed by atoms with Gasteiger partial charge in [-0.05, 0) is 68.5 Å². The van der Waals surface area contributed by atoms with Crippen LogP contribution in [0.1, 0.15) is 60.2 Å². The van der Waals surface area contributed by atoms with E-state index in [2.05, 4.69) is 34.4 Å². The van der Waals surface area contributed by atoms with E-state index >= 15 is 0 Å². The van der Waals surface area contributed by atoms with Gasteiger partial charge in [0.05, 0.1) is 11.1 Å². The predicted octanol–water partition coefficient (Wildman–Crippen LogP) is 4.98. The summed E-state index contributed by atoms with van der Waals surface area (Å²) in [5.41, 5.74) is 1.11. The molecular weight excluding hydrogens is 424 g/mol. The van der Waals surface area contributed by atoms with E-state index in [9.17, 15) is 9.59 Å². The highest BCUT2D eigenvalue weighted by atomic mass is 33.5. The van der Waals surface area contributed by atoms with Crippen LogP contribution >= 0.6 is 31.4 Å². The molecule has 0 aliphatic carbocycles. The Bertz CT molecular complexity index is 739. The van der Waals surface area contributed by atoms with Crippen LogP contribution in [0, 0.1) is 0 Å². The molecule has 6 nitrogen and oxygen atoms in total. The maximum atomic E-state index is 12.4. The van der Waals surface area contributed by atoms with E-state index in [1.807, 2.05) is 0 Å². The minimum Gasteiger partial charge on any atom is -0.352 e. The van der Waals surface area contributed by atoms with Crippen molar-refractivity contribution in [3.63, 3.8) is 0 Å². The van der Waals surface area contributed by atoms with Crippen LogP contribution in [-0.4, -0.2) is 34.9 Å². The normalized spacial score (nSPS) is 10.6. The highest BCUT2D eigenvalue weighted by Crippen LogP contribution is 2.44. The number of hydrogen-bond acceptors (Lipinski definition) is 7. The first-order valence-electron chi connectivity index (χ1n) is 9.65. The zero-order chi connectivity index (χ0) is 20.9. The molecule has 29 heavy (non-hydrogen) atoms. The van der Waals surface area contributed by atoms with Crippen molar-refractivity contribution in [2.75, 3.05) is 13.1 Å². The Hall–Kier alpha value is -1.71. The second kappa shape index (κ2) is 13.5. The van der Waals surface area contributed by atoms with Crippen LogP contribution < -0.4 is 10.6 Å². The SMILES string of the molecule is CCCCNC(=O)c1cccnc1SSSc1ncccc1C(=O)NCCCC. The monoisotopic (exact) mass is 450 g/mol. The summed E-state index contributed by atoms with van der Waals surface area (Å²) in [7, 11) is 4.20. The first-order chi connectivity index (χ1) is 14.2. The van der Waals surface area contributed by atoms with Gasteiger partial charge in [-0.1, -0.05) is 26.7 Å². The fourth-order valence-corrected chi connectivity index (χ4v) is 5.91. The molecule has 0 aliphatic heterocycles. The number of hydrogen-bond donors (Lipinski definition) is 2. The van der Waals surface area contributed by atoms with Crippen molar-refractivity contribution in [2.24, 2.45) is 0 Å². The van der Waals surface area contributed by atoms with Crippen molar-refractivity contribution in [3.05, 3.63) is 47.8 Å². The number of aromatic nitrogens is 2. The van der Waals surface area contributed by atoms with E-state index < -0.39 is 0 Å². The quantitative estimate of drug-likeness (QED) is 0.348. The Labute approximate surface area is 183 Å². The van der Waals surface area contributed by atoms with Crippen LogP contribution in [0.4, 0.5) is 0 Å². The molecule has 2 aromatic heterocycles. The minimum atomic E-state index is -0.117. The van der Waals surface area contributed by atoms with Crippen molar-refractivity contribution in [3.8, 4) is 0 Å². The molecule has 9 heteroatoms. The highest BCUT2D eigenvalue weighted by molar-refractivity contribution is 9.09. The van der Waals surface area contributed by atoms with Gasteiger partial charge in [-0.25, -0.2) is 9.97 Å². The van der Waals surface area contributed by atoms with E-state index in [1.54, 1.807) is 36.7 Å². The first kappa shape index (κ1) is 23.6. The van der Waals surface area contributed by atoms with Gasteiger partial charge in [0.25, 0.3) is 11.8 Å². The molecule has 0 atom stereocenters. The molecule has 156 valence electrons. The molecule has 0 aliphatic rings. The van der Waals surface area contributed by atoms with E-state index in [0.717, 1.165) is 25.7 Å². The van der Waals surface area contributed by atoms with Crippen LogP contribution in [0.25, 0.3) is 0 Å². The Kier molecular flexibility index (Phi) is 11.0. The van der Waals surface area contributed by atoms with Crippen molar-refractivity contribution in [1.29, 1.82) is 0 Å². The number of nitrogens with one attached hydrogen (secondary N) is 2. The molecule has 0 radical (unpaired) electrons. The van der Waals surface area contributed by atoms with Crippen molar-refractivity contribution in [2.45, 2.75) is 49.6 Å². The van der Waals surface area contributed by atoms with Crippen molar-refractivity contribution >= 4 is 43.2 Å². The van der Waals surface area contributed by atoms with E-state index in [4.69, 9.17) is 0 Å². The topological polar surface area (TPSA) is 84.0 Å². The average molecular weight is 451 g/mol. The molecule has 0 unspecified atom stereocenters. The highest BCUT2D eigenvalue weighted by Gasteiger charge is 2.16. The van der Waals surface area contributed by atoms with Gasteiger partial charge < -0.3 is 10.6 Å². The number of rotatable bonds is 12. The van der Waals surface area contributed by atoms with Gasteiger partial charge in [0.15, 0.2) is 0 Å². The average Bonchev–Trinajstić information content (AvgIpc) is 2.74. The van der Waals surface area contributed by atoms with Crippen molar-refractivity contribution < 1.29 is 9.59 Å². The number of amides is 2. The number of unbranched alkanes of at least 4 members (excludes halogenated alkanes) is 2. The lowest BCUT2D eigenvalue weighted by Crippen LogP contribution is -2.25. The first-order valence-corrected chi connectivity index (χ1v) is 13.1. The van der Waals surface area contributed by atoms with Crippen LogP contribution in [0.5, 0.6) is 0 Å². The summed E-state index contributed by atoms with van der Waals surface area (Å²) in [5, 5.41) is 7.13. The predicted molar refractivity (Wildman–Crippen MR) is 122 cm³/mol. The fraction of sp³-hybridized carbons (Fsp3) is 0.400. The molecule has 0 aromatic carbocycles.